The van der Waals surface area contributed by atoms with Crippen LogP contribution >= 0.6 is 0 Å². The van der Waals surface area contributed by atoms with E-state index >= 15 is 0 Å². The van der Waals surface area contributed by atoms with Crippen molar-refractivity contribution in [2.45, 2.75) is 13.0 Å². The van der Waals surface area contributed by atoms with Crippen molar-refractivity contribution < 1.29 is 14.2 Å². The fourth-order valence-electron chi connectivity index (χ4n) is 1.94. The highest BCUT2D eigenvalue weighted by atomic mass is 19.1. The van der Waals surface area contributed by atoms with Crippen molar-refractivity contribution in [1.29, 1.82) is 5.41 Å². The monoisotopic (exact) mass is 288 g/mol. The zero-order chi connectivity index (χ0) is 15.2. The number of aliphatic hydroxyl groups is 1. The summed E-state index contributed by atoms with van der Waals surface area (Å²) in [6.07, 6.45) is 0.593. The van der Waals surface area contributed by atoms with E-state index in [0.29, 0.717) is 17.7 Å². The van der Waals surface area contributed by atoms with E-state index < -0.39 is 5.82 Å². The lowest BCUT2D eigenvalue weighted by Crippen LogP contribution is -2.14. The Morgan fingerprint density at radius 1 is 1.19 bits per heavy atom. The first-order valence-corrected chi connectivity index (χ1v) is 6.56. The summed E-state index contributed by atoms with van der Waals surface area (Å²) in [6, 6.07) is 12.0. The molecule has 0 fully saturated rings. The first-order valence-electron chi connectivity index (χ1n) is 6.56. The topological polar surface area (TPSA) is 79.3 Å². The molecule has 0 saturated carbocycles. The average molecular weight is 288 g/mol. The third-order valence-electron chi connectivity index (χ3n) is 3.09. The van der Waals surface area contributed by atoms with Crippen molar-refractivity contribution in [2.75, 3.05) is 6.61 Å². The molecule has 4 N–H and O–H groups in total. The maximum atomic E-state index is 14.1. The Labute approximate surface area is 122 Å². The summed E-state index contributed by atoms with van der Waals surface area (Å²) in [7, 11) is 0. The number of amidine groups is 1. The van der Waals surface area contributed by atoms with Gasteiger partial charge in [0.25, 0.3) is 0 Å². The van der Waals surface area contributed by atoms with Crippen LogP contribution in [0, 0.1) is 11.2 Å². The molecule has 0 unspecified atom stereocenters. The normalized spacial score (nSPS) is 10.4. The fourth-order valence-corrected chi connectivity index (χ4v) is 1.94. The van der Waals surface area contributed by atoms with Crippen LogP contribution in [0.1, 0.15) is 16.7 Å². The van der Waals surface area contributed by atoms with Crippen LogP contribution < -0.4 is 10.5 Å². The van der Waals surface area contributed by atoms with Gasteiger partial charge in [-0.3, -0.25) is 5.41 Å². The molecule has 0 amide bonds. The molecule has 0 heterocycles. The van der Waals surface area contributed by atoms with Crippen LogP contribution in [-0.4, -0.2) is 17.5 Å². The fraction of sp³-hybridized carbons (Fsp3) is 0.188. The minimum atomic E-state index is -0.526. The van der Waals surface area contributed by atoms with Crippen LogP contribution in [0.25, 0.3) is 0 Å². The van der Waals surface area contributed by atoms with Gasteiger partial charge in [0.2, 0.25) is 0 Å². The van der Waals surface area contributed by atoms with Gasteiger partial charge >= 0.3 is 0 Å². The van der Waals surface area contributed by atoms with Gasteiger partial charge in [-0.15, -0.1) is 0 Å². The SMILES string of the molecule is N=C(N)c1cccc(COc2ccc(CCO)cc2)c1F. The molecule has 2 aromatic carbocycles. The minimum absolute atomic E-state index is 0.0618. The molecule has 0 aliphatic heterocycles. The first kappa shape index (κ1) is 15.0. The Balaban J connectivity index is 2.06. The van der Waals surface area contributed by atoms with Gasteiger partial charge in [-0.1, -0.05) is 24.3 Å². The molecule has 0 spiro atoms. The molecule has 0 bridgehead atoms. The summed E-state index contributed by atoms with van der Waals surface area (Å²) < 4.78 is 19.6. The summed E-state index contributed by atoms with van der Waals surface area (Å²) in [5.41, 5.74) is 6.75. The number of halogens is 1. The Hall–Kier alpha value is -2.40. The summed E-state index contributed by atoms with van der Waals surface area (Å²) in [4.78, 5) is 0. The van der Waals surface area contributed by atoms with E-state index in [0.717, 1.165) is 5.56 Å². The van der Waals surface area contributed by atoms with Gasteiger partial charge in [0, 0.05) is 12.2 Å². The lowest BCUT2D eigenvalue weighted by molar-refractivity contribution is 0.296. The zero-order valence-corrected chi connectivity index (χ0v) is 11.5. The highest BCUT2D eigenvalue weighted by Crippen LogP contribution is 2.17. The summed E-state index contributed by atoms with van der Waals surface area (Å²) >= 11 is 0. The number of rotatable bonds is 6. The van der Waals surface area contributed by atoms with Gasteiger partial charge < -0.3 is 15.6 Å². The molecule has 0 aromatic heterocycles. The maximum Gasteiger partial charge on any atom is 0.140 e. The number of benzene rings is 2. The summed E-state index contributed by atoms with van der Waals surface area (Å²) in [6.45, 7) is 0.162. The average Bonchev–Trinajstić information content (AvgIpc) is 2.48. The van der Waals surface area contributed by atoms with Crippen molar-refractivity contribution in [3.63, 3.8) is 0 Å². The number of nitrogen functional groups attached to an aromatic ring is 1. The Bertz CT molecular complexity index is 627. The van der Waals surface area contributed by atoms with Crippen LogP contribution in [-0.2, 0) is 13.0 Å². The Kier molecular flexibility index (Phi) is 4.90. The van der Waals surface area contributed by atoms with Crippen molar-refractivity contribution in [3.8, 4) is 5.75 Å². The van der Waals surface area contributed by atoms with E-state index in [9.17, 15) is 4.39 Å². The standard InChI is InChI=1S/C16H17FN2O2/c17-15-12(2-1-3-14(15)16(18)19)10-21-13-6-4-11(5-7-13)8-9-20/h1-7,20H,8-10H2,(H3,18,19). The predicted molar refractivity (Wildman–Crippen MR) is 79.0 cm³/mol. The largest absolute Gasteiger partial charge is 0.489 e. The molecule has 0 aliphatic carbocycles. The Morgan fingerprint density at radius 3 is 2.52 bits per heavy atom. The molecule has 2 aromatic rings. The van der Waals surface area contributed by atoms with Gasteiger partial charge in [-0.25, -0.2) is 4.39 Å². The quantitative estimate of drug-likeness (QED) is 0.563. The summed E-state index contributed by atoms with van der Waals surface area (Å²) in [5.74, 6) is -0.214. The molecular formula is C16H17FN2O2. The Morgan fingerprint density at radius 2 is 1.90 bits per heavy atom. The van der Waals surface area contributed by atoms with Crippen LogP contribution in [0.5, 0.6) is 5.75 Å². The van der Waals surface area contributed by atoms with Gasteiger partial charge in [0.15, 0.2) is 0 Å². The van der Waals surface area contributed by atoms with E-state index in [1.165, 1.54) is 6.07 Å². The second kappa shape index (κ2) is 6.85. The molecule has 2 rings (SSSR count). The molecule has 0 atom stereocenters. The third-order valence-corrected chi connectivity index (χ3v) is 3.09. The van der Waals surface area contributed by atoms with Crippen molar-refractivity contribution in [2.24, 2.45) is 5.73 Å². The third kappa shape index (κ3) is 3.79. The lowest BCUT2D eigenvalue weighted by Gasteiger charge is -2.10. The predicted octanol–water partition coefficient (Wildman–Crippen LogP) is 2.22. The molecule has 110 valence electrons. The molecule has 5 heteroatoms. The molecule has 0 aliphatic rings. The number of hydrogen-bond acceptors (Lipinski definition) is 3. The number of nitrogens with one attached hydrogen (secondary N) is 1. The molecule has 4 nitrogen and oxygen atoms in total. The smallest absolute Gasteiger partial charge is 0.140 e. The van der Waals surface area contributed by atoms with Gasteiger partial charge in [0.05, 0.1) is 5.56 Å². The van der Waals surface area contributed by atoms with E-state index in [4.69, 9.17) is 21.0 Å². The number of hydrogen-bond donors (Lipinski definition) is 3. The number of aliphatic hydroxyl groups excluding tert-OH is 1. The van der Waals surface area contributed by atoms with Gasteiger partial charge in [0.1, 0.15) is 24.0 Å². The van der Waals surface area contributed by atoms with Crippen LogP contribution in [0.4, 0.5) is 4.39 Å². The molecular weight excluding hydrogens is 271 g/mol. The van der Waals surface area contributed by atoms with Crippen LogP contribution in [0.15, 0.2) is 42.5 Å². The highest BCUT2D eigenvalue weighted by Gasteiger charge is 2.10. The first-order chi connectivity index (χ1) is 10.1. The highest BCUT2D eigenvalue weighted by molar-refractivity contribution is 5.95. The number of nitrogens with two attached hydrogens (primary N) is 1. The van der Waals surface area contributed by atoms with Crippen molar-refractivity contribution >= 4 is 5.84 Å². The zero-order valence-electron chi connectivity index (χ0n) is 11.5. The van der Waals surface area contributed by atoms with Crippen molar-refractivity contribution in [3.05, 3.63) is 65.0 Å². The van der Waals surface area contributed by atoms with E-state index in [2.05, 4.69) is 0 Å². The second-order valence-electron chi connectivity index (χ2n) is 4.60. The minimum Gasteiger partial charge on any atom is -0.489 e. The lowest BCUT2D eigenvalue weighted by atomic mass is 10.1. The van der Waals surface area contributed by atoms with Crippen molar-refractivity contribution in [1.82, 2.24) is 0 Å². The molecule has 0 radical (unpaired) electrons. The van der Waals surface area contributed by atoms with Crippen LogP contribution in [0.3, 0.4) is 0 Å². The maximum absolute atomic E-state index is 14.1. The second-order valence-corrected chi connectivity index (χ2v) is 4.60. The van der Waals surface area contributed by atoms with Gasteiger partial charge in [-0.2, -0.15) is 0 Å². The summed E-state index contributed by atoms with van der Waals surface area (Å²) in [5, 5.41) is 16.2. The van der Waals surface area contributed by atoms with Gasteiger partial charge in [-0.05, 0) is 30.2 Å². The van der Waals surface area contributed by atoms with Crippen LogP contribution in [0.2, 0.25) is 0 Å². The molecule has 21 heavy (non-hydrogen) atoms. The van der Waals surface area contributed by atoms with E-state index in [-0.39, 0.29) is 24.6 Å². The molecule has 0 saturated heterocycles. The number of ether oxygens (including phenoxy) is 1. The van der Waals surface area contributed by atoms with E-state index in [1.54, 1.807) is 24.3 Å². The van der Waals surface area contributed by atoms with E-state index in [1.807, 2.05) is 12.1 Å².